The molecular formula is C18H16N2O3. The molecule has 0 unspecified atom stereocenters. The van der Waals surface area contributed by atoms with Gasteiger partial charge < -0.3 is 4.74 Å². The van der Waals surface area contributed by atoms with Crippen molar-refractivity contribution < 1.29 is 9.53 Å². The van der Waals surface area contributed by atoms with Crippen molar-refractivity contribution >= 4 is 16.9 Å². The Morgan fingerprint density at radius 2 is 1.87 bits per heavy atom. The third kappa shape index (κ3) is 3.13. The van der Waals surface area contributed by atoms with E-state index in [0.717, 1.165) is 5.56 Å². The minimum absolute atomic E-state index is 0.118. The number of esters is 1. The smallest absolute Gasteiger partial charge is 0.338 e. The predicted molar refractivity (Wildman–Crippen MR) is 87.5 cm³/mol. The highest BCUT2D eigenvalue weighted by molar-refractivity contribution is 5.90. The first kappa shape index (κ1) is 15.0. The highest BCUT2D eigenvalue weighted by atomic mass is 16.5. The van der Waals surface area contributed by atoms with E-state index in [1.807, 2.05) is 25.1 Å². The van der Waals surface area contributed by atoms with Crippen molar-refractivity contribution in [3.05, 3.63) is 76.3 Å². The Labute approximate surface area is 133 Å². The molecule has 0 saturated carbocycles. The summed E-state index contributed by atoms with van der Waals surface area (Å²) >= 11 is 0. The van der Waals surface area contributed by atoms with Gasteiger partial charge in [-0.1, -0.05) is 30.3 Å². The normalized spacial score (nSPS) is 10.7. The first-order valence-electron chi connectivity index (χ1n) is 7.34. The number of aryl methyl sites for hydroxylation is 1. The van der Waals surface area contributed by atoms with Gasteiger partial charge in [-0.2, -0.15) is 0 Å². The maximum absolute atomic E-state index is 12.3. The van der Waals surface area contributed by atoms with Crippen LogP contribution in [0.5, 0.6) is 0 Å². The number of carbonyl (C=O) groups excluding carboxylic acids is 1. The largest absolute Gasteiger partial charge is 0.460 e. The van der Waals surface area contributed by atoms with Crippen LogP contribution in [0.15, 0.2) is 59.7 Å². The molecule has 5 heteroatoms. The van der Waals surface area contributed by atoms with E-state index in [1.165, 1.54) is 10.9 Å². The van der Waals surface area contributed by atoms with E-state index < -0.39 is 0 Å². The molecule has 0 aliphatic heterocycles. The molecule has 3 rings (SSSR count). The molecule has 0 aliphatic rings. The second kappa shape index (κ2) is 6.44. The molecule has 0 atom stereocenters. The molecule has 0 bridgehead atoms. The van der Waals surface area contributed by atoms with Crippen molar-refractivity contribution in [1.29, 1.82) is 0 Å². The number of fused-ring (bicyclic) bond motifs is 1. The first-order valence-corrected chi connectivity index (χ1v) is 7.34. The second-order valence-corrected chi connectivity index (χ2v) is 5.21. The molecule has 116 valence electrons. The molecule has 1 aromatic heterocycles. The molecule has 0 saturated heterocycles. The van der Waals surface area contributed by atoms with E-state index in [2.05, 4.69) is 4.98 Å². The highest BCUT2D eigenvalue weighted by Crippen LogP contribution is 2.08. The van der Waals surface area contributed by atoms with Crippen LogP contribution in [0.2, 0.25) is 0 Å². The predicted octanol–water partition coefficient (Wildman–Crippen LogP) is 2.56. The van der Waals surface area contributed by atoms with E-state index in [0.29, 0.717) is 16.5 Å². The van der Waals surface area contributed by atoms with Crippen molar-refractivity contribution in [1.82, 2.24) is 9.55 Å². The molecule has 1 heterocycles. The quantitative estimate of drug-likeness (QED) is 0.695. The molecule has 0 spiro atoms. The topological polar surface area (TPSA) is 61.2 Å². The van der Waals surface area contributed by atoms with E-state index >= 15 is 0 Å². The third-order valence-electron chi connectivity index (χ3n) is 3.66. The molecule has 0 amide bonds. The number of aromatic nitrogens is 2. The van der Waals surface area contributed by atoms with Crippen LogP contribution in [-0.2, 0) is 11.3 Å². The van der Waals surface area contributed by atoms with Crippen molar-refractivity contribution in [3.63, 3.8) is 0 Å². The Morgan fingerprint density at radius 1 is 1.13 bits per heavy atom. The maximum atomic E-state index is 12.3. The average Bonchev–Trinajstić information content (AvgIpc) is 2.57. The van der Waals surface area contributed by atoms with E-state index in [4.69, 9.17) is 4.74 Å². The molecule has 23 heavy (non-hydrogen) atoms. The summed E-state index contributed by atoms with van der Waals surface area (Å²) in [5.74, 6) is -0.384. The minimum Gasteiger partial charge on any atom is -0.460 e. The Balaban J connectivity index is 1.70. The molecule has 2 aromatic carbocycles. The van der Waals surface area contributed by atoms with Gasteiger partial charge in [0.15, 0.2) is 0 Å². The highest BCUT2D eigenvalue weighted by Gasteiger charge is 2.10. The zero-order valence-corrected chi connectivity index (χ0v) is 12.7. The molecule has 3 aromatic rings. The van der Waals surface area contributed by atoms with Crippen LogP contribution in [0.3, 0.4) is 0 Å². The number of para-hydroxylation sites is 1. The lowest BCUT2D eigenvalue weighted by atomic mass is 10.1. The number of hydrogen-bond donors (Lipinski definition) is 0. The summed E-state index contributed by atoms with van der Waals surface area (Å²) in [5.41, 5.74) is 1.92. The molecule has 5 nitrogen and oxygen atoms in total. The number of ether oxygens (including phenoxy) is 1. The van der Waals surface area contributed by atoms with Gasteiger partial charge in [0.05, 0.1) is 29.3 Å². The third-order valence-corrected chi connectivity index (χ3v) is 3.66. The van der Waals surface area contributed by atoms with Gasteiger partial charge in [0.2, 0.25) is 0 Å². The Bertz CT molecular complexity index is 915. The second-order valence-electron chi connectivity index (χ2n) is 5.21. The van der Waals surface area contributed by atoms with Gasteiger partial charge in [0, 0.05) is 0 Å². The van der Waals surface area contributed by atoms with E-state index in [1.54, 1.807) is 30.3 Å². The van der Waals surface area contributed by atoms with Gasteiger partial charge in [0.25, 0.3) is 5.56 Å². The van der Waals surface area contributed by atoms with Crippen LogP contribution in [0.1, 0.15) is 15.9 Å². The van der Waals surface area contributed by atoms with Crippen LogP contribution in [0, 0.1) is 6.92 Å². The monoisotopic (exact) mass is 308 g/mol. The molecule has 0 radical (unpaired) electrons. The zero-order valence-electron chi connectivity index (χ0n) is 12.7. The summed E-state index contributed by atoms with van der Waals surface area (Å²) in [4.78, 5) is 28.6. The zero-order chi connectivity index (χ0) is 16.2. The lowest BCUT2D eigenvalue weighted by molar-refractivity contribution is 0.0489. The fourth-order valence-electron chi connectivity index (χ4n) is 2.38. The SMILES string of the molecule is Cc1ccccc1C(=O)OCCn1cnc2ccccc2c1=O. The number of carbonyl (C=O) groups is 1. The van der Waals surface area contributed by atoms with Crippen LogP contribution in [0.25, 0.3) is 10.9 Å². The van der Waals surface area contributed by atoms with Crippen LogP contribution in [0.4, 0.5) is 0 Å². The van der Waals surface area contributed by atoms with Gasteiger partial charge >= 0.3 is 5.97 Å². The van der Waals surface area contributed by atoms with Gasteiger partial charge in [-0.25, -0.2) is 9.78 Å². The number of benzene rings is 2. The number of nitrogens with zero attached hydrogens (tertiary/aromatic N) is 2. The molecule has 0 aliphatic carbocycles. The van der Waals surface area contributed by atoms with Crippen LogP contribution >= 0.6 is 0 Å². The van der Waals surface area contributed by atoms with Gasteiger partial charge in [-0.3, -0.25) is 9.36 Å². The average molecular weight is 308 g/mol. The Hall–Kier alpha value is -2.95. The summed E-state index contributed by atoms with van der Waals surface area (Å²) in [7, 11) is 0. The molecular weight excluding hydrogens is 292 g/mol. The number of hydrogen-bond acceptors (Lipinski definition) is 4. The van der Waals surface area contributed by atoms with Crippen molar-refractivity contribution in [3.8, 4) is 0 Å². The standard InChI is InChI=1S/C18H16N2O3/c1-13-6-2-3-7-14(13)18(22)23-11-10-20-12-19-16-9-5-4-8-15(16)17(20)21/h2-9,12H,10-11H2,1H3. The van der Waals surface area contributed by atoms with Crippen LogP contribution < -0.4 is 5.56 Å². The molecule has 0 N–H and O–H groups in total. The Morgan fingerprint density at radius 3 is 2.70 bits per heavy atom. The van der Waals surface area contributed by atoms with Crippen LogP contribution in [-0.4, -0.2) is 22.1 Å². The lowest BCUT2D eigenvalue weighted by Crippen LogP contribution is -2.23. The minimum atomic E-state index is -0.384. The summed E-state index contributed by atoms with van der Waals surface area (Å²) in [5, 5.41) is 0.556. The fraction of sp³-hybridized carbons (Fsp3) is 0.167. The van der Waals surface area contributed by atoms with Crippen molar-refractivity contribution in [2.45, 2.75) is 13.5 Å². The van der Waals surface area contributed by atoms with E-state index in [9.17, 15) is 9.59 Å². The van der Waals surface area contributed by atoms with Gasteiger partial charge in [-0.15, -0.1) is 0 Å². The van der Waals surface area contributed by atoms with Gasteiger partial charge in [0.1, 0.15) is 6.61 Å². The van der Waals surface area contributed by atoms with Crippen molar-refractivity contribution in [2.75, 3.05) is 6.61 Å². The maximum Gasteiger partial charge on any atom is 0.338 e. The number of rotatable bonds is 4. The van der Waals surface area contributed by atoms with E-state index in [-0.39, 0.29) is 24.7 Å². The summed E-state index contributed by atoms with van der Waals surface area (Å²) in [6, 6.07) is 14.4. The lowest BCUT2D eigenvalue weighted by Gasteiger charge is -2.09. The Kier molecular flexibility index (Phi) is 4.19. The summed E-state index contributed by atoms with van der Waals surface area (Å²) in [6.07, 6.45) is 1.48. The molecule has 0 fully saturated rings. The van der Waals surface area contributed by atoms with Gasteiger partial charge in [-0.05, 0) is 30.7 Å². The summed E-state index contributed by atoms with van der Waals surface area (Å²) in [6.45, 7) is 2.25. The summed E-state index contributed by atoms with van der Waals surface area (Å²) < 4.78 is 6.71. The van der Waals surface area contributed by atoms with Crippen molar-refractivity contribution in [2.24, 2.45) is 0 Å². The fourth-order valence-corrected chi connectivity index (χ4v) is 2.38. The first-order chi connectivity index (χ1) is 11.2.